The molecule has 0 aliphatic carbocycles. The van der Waals surface area contributed by atoms with E-state index in [0.717, 1.165) is 31.2 Å². The van der Waals surface area contributed by atoms with E-state index in [9.17, 15) is 5.11 Å². The highest BCUT2D eigenvalue weighted by Crippen LogP contribution is 2.15. The first-order valence-corrected chi connectivity index (χ1v) is 6.31. The minimum Gasteiger partial charge on any atom is -0.393 e. The Hall–Kier alpha value is -1.41. The lowest BCUT2D eigenvalue weighted by atomic mass is 10.0. The van der Waals surface area contributed by atoms with Crippen LogP contribution in [-0.4, -0.2) is 16.2 Å². The van der Waals surface area contributed by atoms with E-state index < -0.39 is 0 Å². The maximum Gasteiger partial charge on any atom is 0.0702 e. The van der Waals surface area contributed by atoms with Crippen LogP contribution in [0.4, 0.5) is 0 Å². The fourth-order valence-corrected chi connectivity index (χ4v) is 2.09. The van der Waals surface area contributed by atoms with Gasteiger partial charge in [-0.1, -0.05) is 25.5 Å². The van der Waals surface area contributed by atoms with Gasteiger partial charge >= 0.3 is 0 Å². The SMILES string of the molecule is CCCC(O)CCc1ccc2ncccc2c1. The van der Waals surface area contributed by atoms with Crippen molar-refractivity contribution in [2.45, 2.75) is 38.7 Å². The Morgan fingerprint density at radius 2 is 2.12 bits per heavy atom. The van der Waals surface area contributed by atoms with Crippen molar-refractivity contribution in [3.05, 3.63) is 42.1 Å². The maximum absolute atomic E-state index is 9.71. The highest BCUT2D eigenvalue weighted by molar-refractivity contribution is 5.78. The maximum atomic E-state index is 9.71. The van der Waals surface area contributed by atoms with Crippen molar-refractivity contribution in [3.63, 3.8) is 0 Å². The third-order valence-electron chi connectivity index (χ3n) is 3.06. The molecule has 0 saturated carbocycles. The van der Waals surface area contributed by atoms with Gasteiger partial charge in [0.2, 0.25) is 0 Å². The Morgan fingerprint density at radius 3 is 2.94 bits per heavy atom. The lowest BCUT2D eigenvalue weighted by Gasteiger charge is -2.09. The first-order valence-electron chi connectivity index (χ1n) is 6.31. The monoisotopic (exact) mass is 229 g/mol. The Kier molecular flexibility index (Phi) is 4.10. The summed E-state index contributed by atoms with van der Waals surface area (Å²) in [5.74, 6) is 0. The molecular formula is C15H19NO. The molecule has 0 saturated heterocycles. The molecule has 2 rings (SSSR count). The molecule has 0 amide bonds. The van der Waals surface area contributed by atoms with Crippen LogP contribution in [0.2, 0.25) is 0 Å². The van der Waals surface area contributed by atoms with Gasteiger partial charge < -0.3 is 5.11 Å². The highest BCUT2D eigenvalue weighted by atomic mass is 16.3. The lowest BCUT2D eigenvalue weighted by molar-refractivity contribution is 0.154. The minimum atomic E-state index is -0.162. The van der Waals surface area contributed by atoms with E-state index in [1.165, 1.54) is 10.9 Å². The summed E-state index contributed by atoms with van der Waals surface area (Å²) in [6.07, 6.45) is 5.38. The van der Waals surface area contributed by atoms with Gasteiger partial charge in [0.25, 0.3) is 0 Å². The molecule has 0 radical (unpaired) electrons. The average molecular weight is 229 g/mol. The number of aliphatic hydroxyl groups excluding tert-OH is 1. The number of rotatable bonds is 5. The first kappa shape index (κ1) is 12.1. The quantitative estimate of drug-likeness (QED) is 0.853. The summed E-state index contributed by atoms with van der Waals surface area (Å²) < 4.78 is 0. The fourth-order valence-electron chi connectivity index (χ4n) is 2.09. The van der Waals surface area contributed by atoms with Crippen LogP contribution in [0.25, 0.3) is 10.9 Å². The van der Waals surface area contributed by atoms with Gasteiger partial charge in [0.05, 0.1) is 11.6 Å². The van der Waals surface area contributed by atoms with Gasteiger partial charge in [0.15, 0.2) is 0 Å². The second-order valence-electron chi connectivity index (χ2n) is 4.51. The van der Waals surface area contributed by atoms with E-state index in [-0.39, 0.29) is 6.10 Å². The van der Waals surface area contributed by atoms with E-state index in [0.29, 0.717) is 0 Å². The van der Waals surface area contributed by atoms with Gasteiger partial charge in [0, 0.05) is 11.6 Å². The molecule has 2 aromatic rings. The van der Waals surface area contributed by atoms with Gasteiger partial charge in [0.1, 0.15) is 0 Å². The molecule has 1 aromatic heterocycles. The highest BCUT2D eigenvalue weighted by Gasteiger charge is 2.03. The zero-order valence-electron chi connectivity index (χ0n) is 10.3. The summed E-state index contributed by atoms with van der Waals surface area (Å²) in [5, 5.41) is 10.9. The Bertz CT molecular complexity index is 481. The second kappa shape index (κ2) is 5.78. The number of hydrogen-bond donors (Lipinski definition) is 1. The van der Waals surface area contributed by atoms with Gasteiger partial charge in [-0.2, -0.15) is 0 Å². The predicted octanol–water partition coefficient (Wildman–Crippen LogP) is 3.33. The van der Waals surface area contributed by atoms with Gasteiger partial charge in [-0.15, -0.1) is 0 Å². The molecule has 1 unspecified atom stereocenters. The average Bonchev–Trinajstić information content (AvgIpc) is 2.36. The van der Waals surface area contributed by atoms with E-state index in [2.05, 4.69) is 36.2 Å². The molecule has 90 valence electrons. The number of pyridine rings is 1. The van der Waals surface area contributed by atoms with Crippen molar-refractivity contribution in [1.29, 1.82) is 0 Å². The fraction of sp³-hybridized carbons (Fsp3) is 0.400. The van der Waals surface area contributed by atoms with E-state index in [1.807, 2.05) is 12.3 Å². The summed E-state index contributed by atoms with van der Waals surface area (Å²) in [7, 11) is 0. The molecule has 0 spiro atoms. The third-order valence-corrected chi connectivity index (χ3v) is 3.06. The summed E-state index contributed by atoms with van der Waals surface area (Å²) >= 11 is 0. The van der Waals surface area contributed by atoms with Crippen molar-refractivity contribution in [2.75, 3.05) is 0 Å². The van der Waals surface area contributed by atoms with Crippen molar-refractivity contribution >= 4 is 10.9 Å². The van der Waals surface area contributed by atoms with Crippen LogP contribution in [0.3, 0.4) is 0 Å². The molecule has 1 atom stereocenters. The zero-order chi connectivity index (χ0) is 12.1. The smallest absolute Gasteiger partial charge is 0.0702 e. The topological polar surface area (TPSA) is 33.1 Å². The van der Waals surface area contributed by atoms with Gasteiger partial charge in [-0.25, -0.2) is 0 Å². The number of benzene rings is 1. The number of fused-ring (bicyclic) bond motifs is 1. The van der Waals surface area contributed by atoms with Crippen LogP contribution in [0, 0.1) is 0 Å². The normalized spacial score (nSPS) is 12.8. The summed E-state index contributed by atoms with van der Waals surface area (Å²) in [6, 6.07) is 10.4. The van der Waals surface area contributed by atoms with Crippen LogP contribution in [-0.2, 0) is 6.42 Å². The molecule has 0 aliphatic rings. The molecule has 1 N–H and O–H groups in total. The minimum absolute atomic E-state index is 0.162. The molecule has 2 heteroatoms. The van der Waals surface area contributed by atoms with Gasteiger partial charge in [-0.05, 0) is 43.0 Å². The standard InChI is InChI=1S/C15H19NO/c1-2-4-14(17)8-6-12-7-9-15-13(11-12)5-3-10-16-15/h3,5,7,9-11,14,17H,2,4,6,8H2,1H3. The zero-order valence-corrected chi connectivity index (χ0v) is 10.3. The lowest BCUT2D eigenvalue weighted by Crippen LogP contribution is -2.07. The van der Waals surface area contributed by atoms with E-state index in [4.69, 9.17) is 0 Å². The van der Waals surface area contributed by atoms with Crippen molar-refractivity contribution < 1.29 is 5.11 Å². The number of hydrogen-bond acceptors (Lipinski definition) is 2. The van der Waals surface area contributed by atoms with Crippen molar-refractivity contribution in [2.24, 2.45) is 0 Å². The number of aliphatic hydroxyl groups is 1. The summed E-state index contributed by atoms with van der Waals surface area (Å²) in [4.78, 5) is 4.30. The second-order valence-corrected chi connectivity index (χ2v) is 4.51. The number of nitrogens with zero attached hydrogens (tertiary/aromatic N) is 1. The third kappa shape index (κ3) is 3.27. The molecule has 17 heavy (non-hydrogen) atoms. The Morgan fingerprint density at radius 1 is 1.24 bits per heavy atom. The Balaban J connectivity index is 2.04. The number of aryl methyl sites for hydroxylation is 1. The largest absolute Gasteiger partial charge is 0.393 e. The van der Waals surface area contributed by atoms with Gasteiger partial charge in [-0.3, -0.25) is 4.98 Å². The van der Waals surface area contributed by atoms with Crippen molar-refractivity contribution in [1.82, 2.24) is 4.98 Å². The van der Waals surface area contributed by atoms with E-state index in [1.54, 1.807) is 0 Å². The van der Waals surface area contributed by atoms with Crippen molar-refractivity contribution in [3.8, 4) is 0 Å². The molecule has 0 bridgehead atoms. The van der Waals surface area contributed by atoms with Crippen LogP contribution in [0.5, 0.6) is 0 Å². The van der Waals surface area contributed by atoms with Crippen LogP contribution in [0.15, 0.2) is 36.5 Å². The molecule has 2 nitrogen and oxygen atoms in total. The first-order chi connectivity index (χ1) is 8.29. The summed E-state index contributed by atoms with van der Waals surface area (Å²) in [6.45, 7) is 2.10. The number of aromatic nitrogens is 1. The molecular weight excluding hydrogens is 210 g/mol. The molecule has 0 fully saturated rings. The molecule has 0 aliphatic heterocycles. The van der Waals surface area contributed by atoms with Crippen LogP contribution >= 0.6 is 0 Å². The summed E-state index contributed by atoms with van der Waals surface area (Å²) in [5.41, 5.74) is 2.31. The molecule has 1 aromatic carbocycles. The van der Waals surface area contributed by atoms with Crippen LogP contribution in [0.1, 0.15) is 31.7 Å². The predicted molar refractivity (Wildman–Crippen MR) is 71.0 cm³/mol. The van der Waals surface area contributed by atoms with E-state index >= 15 is 0 Å². The van der Waals surface area contributed by atoms with Crippen LogP contribution < -0.4 is 0 Å². The molecule has 1 heterocycles. The Labute approximate surface area is 102 Å².